The lowest BCUT2D eigenvalue weighted by molar-refractivity contribution is -0.0188. The minimum atomic E-state index is 0.319. The predicted octanol–water partition coefficient (Wildman–Crippen LogP) is 3.11. The van der Waals surface area contributed by atoms with Gasteiger partial charge < -0.3 is 10.5 Å². The third-order valence-electron chi connectivity index (χ3n) is 2.62. The molecule has 1 aromatic rings. The number of halogens is 2. The maximum absolute atomic E-state index is 6.07. The molecule has 2 rings (SSSR count). The molecule has 15 heavy (non-hydrogen) atoms. The van der Waals surface area contributed by atoms with Crippen molar-refractivity contribution in [2.45, 2.75) is 31.6 Å². The summed E-state index contributed by atoms with van der Waals surface area (Å²) in [5.74, 6) is 0. The molecule has 1 aliphatic carbocycles. The Labute approximate surface area is 103 Å². The molecule has 0 spiro atoms. The maximum Gasteiger partial charge on any atom is 0.0735 e. The minimum absolute atomic E-state index is 0.319. The van der Waals surface area contributed by atoms with Crippen LogP contribution < -0.4 is 5.73 Å². The Balaban J connectivity index is 1.88. The highest BCUT2D eigenvalue weighted by Crippen LogP contribution is 2.26. The van der Waals surface area contributed by atoms with Crippen LogP contribution in [-0.4, -0.2) is 12.1 Å². The molecule has 2 nitrogen and oxygen atoms in total. The summed E-state index contributed by atoms with van der Waals surface area (Å²) in [7, 11) is 0. The van der Waals surface area contributed by atoms with E-state index >= 15 is 0 Å². The van der Waals surface area contributed by atoms with Gasteiger partial charge in [0.25, 0.3) is 0 Å². The summed E-state index contributed by atoms with van der Waals surface area (Å²) in [4.78, 5) is 0. The van der Waals surface area contributed by atoms with Gasteiger partial charge >= 0.3 is 0 Å². The Morgan fingerprint density at radius 3 is 2.80 bits per heavy atom. The molecule has 0 heterocycles. The van der Waals surface area contributed by atoms with E-state index in [1.54, 1.807) is 0 Å². The van der Waals surface area contributed by atoms with E-state index in [2.05, 4.69) is 15.9 Å². The molecule has 82 valence electrons. The van der Waals surface area contributed by atoms with Gasteiger partial charge in [-0.2, -0.15) is 0 Å². The molecule has 0 unspecified atom stereocenters. The largest absolute Gasteiger partial charge is 0.373 e. The van der Waals surface area contributed by atoms with Crippen LogP contribution in [0.25, 0.3) is 0 Å². The molecular formula is C11H13BrClNO. The second-order valence-electron chi connectivity index (χ2n) is 3.90. The van der Waals surface area contributed by atoms with Crippen molar-refractivity contribution >= 4 is 27.5 Å². The van der Waals surface area contributed by atoms with Gasteiger partial charge in [0.1, 0.15) is 0 Å². The van der Waals surface area contributed by atoms with E-state index in [4.69, 9.17) is 22.1 Å². The van der Waals surface area contributed by atoms with Crippen molar-refractivity contribution in [3.63, 3.8) is 0 Å². The summed E-state index contributed by atoms with van der Waals surface area (Å²) in [5, 5.41) is 0.744. The smallest absolute Gasteiger partial charge is 0.0735 e. The van der Waals surface area contributed by atoms with Gasteiger partial charge in [0.2, 0.25) is 0 Å². The van der Waals surface area contributed by atoms with Crippen molar-refractivity contribution in [1.29, 1.82) is 0 Å². The van der Waals surface area contributed by atoms with Crippen molar-refractivity contribution in [1.82, 2.24) is 0 Å². The zero-order chi connectivity index (χ0) is 10.8. The van der Waals surface area contributed by atoms with Crippen molar-refractivity contribution in [2.24, 2.45) is 5.73 Å². The molecule has 2 N–H and O–H groups in total. The zero-order valence-electron chi connectivity index (χ0n) is 8.25. The van der Waals surface area contributed by atoms with Gasteiger partial charge in [-0.05, 0) is 30.5 Å². The van der Waals surface area contributed by atoms with Crippen LogP contribution in [0.5, 0.6) is 0 Å². The van der Waals surface area contributed by atoms with Gasteiger partial charge in [-0.1, -0.05) is 33.6 Å². The Hall–Kier alpha value is -0.0900. The lowest BCUT2D eigenvalue weighted by Crippen LogP contribution is -2.41. The predicted molar refractivity (Wildman–Crippen MR) is 64.9 cm³/mol. The minimum Gasteiger partial charge on any atom is -0.373 e. The average molecular weight is 291 g/mol. The lowest BCUT2D eigenvalue weighted by atomic mass is 9.90. The molecule has 1 aliphatic rings. The molecular weight excluding hydrogens is 277 g/mol. The van der Waals surface area contributed by atoms with Crippen LogP contribution in [-0.2, 0) is 11.3 Å². The molecule has 0 amide bonds. The molecule has 0 saturated heterocycles. The monoisotopic (exact) mass is 289 g/mol. The third kappa shape index (κ3) is 2.94. The fraction of sp³-hybridized carbons (Fsp3) is 0.455. The van der Waals surface area contributed by atoms with E-state index in [1.807, 2.05) is 18.2 Å². The summed E-state index contributed by atoms with van der Waals surface area (Å²) < 4.78 is 6.66. The number of ether oxygens (including phenoxy) is 1. The fourth-order valence-electron chi connectivity index (χ4n) is 1.59. The van der Waals surface area contributed by atoms with Gasteiger partial charge in [0, 0.05) is 15.5 Å². The summed E-state index contributed by atoms with van der Waals surface area (Å²) >= 11 is 9.44. The molecule has 0 atom stereocenters. The van der Waals surface area contributed by atoms with Crippen LogP contribution in [0.2, 0.25) is 5.02 Å². The van der Waals surface area contributed by atoms with Crippen LogP contribution in [0.3, 0.4) is 0 Å². The SMILES string of the molecule is NC1CC(OCc2ccc(Br)cc2Cl)C1. The van der Waals surface area contributed by atoms with Crippen molar-refractivity contribution in [2.75, 3.05) is 0 Å². The molecule has 0 aliphatic heterocycles. The first-order valence-corrected chi connectivity index (χ1v) is 6.13. The van der Waals surface area contributed by atoms with E-state index < -0.39 is 0 Å². The highest BCUT2D eigenvalue weighted by Gasteiger charge is 2.26. The lowest BCUT2D eigenvalue weighted by Gasteiger charge is -2.32. The third-order valence-corrected chi connectivity index (χ3v) is 3.47. The topological polar surface area (TPSA) is 35.2 Å². The summed E-state index contributed by atoms with van der Waals surface area (Å²) in [6.07, 6.45) is 2.25. The van der Waals surface area contributed by atoms with Gasteiger partial charge in [-0.15, -0.1) is 0 Å². The van der Waals surface area contributed by atoms with Crippen LogP contribution in [0.4, 0.5) is 0 Å². The summed E-state index contributed by atoms with van der Waals surface area (Å²) in [5.41, 5.74) is 6.70. The van der Waals surface area contributed by atoms with Crippen molar-refractivity contribution in [3.8, 4) is 0 Å². The summed E-state index contributed by atoms with van der Waals surface area (Å²) in [6, 6.07) is 6.16. The van der Waals surface area contributed by atoms with Crippen molar-refractivity contribution < 1.29 is 4.74 Å². The highest BCUT2D eigenvalue weighted by molar-refractivity contribution is 9.10. The average Bonchev–Trinajstić information content (AvgIpc) is 2.13. The summed E-state index contributed by atoms with van der Waals surface area (Å²) in [6.45, 7) is 0.573. The van der Waals surface area contributed by atoms with Crippen LogP contribution >= 0.6 is 27.5 Å². The first kappa shape index (κ1) is 11.4. The Morgan fingerprint density at radius 1 is 1.47 bits per heavy atom. The molecule has 1 saturated carbocycles. The van der Waals surface area contributed by atoms with E-state index in [1.165, 1.54) is 0 Å². The van der Waals surface area contributed by atoms with E-state index in [0.717, 1.165) is 27.9 Å². The van der Waals surface area contributed by atoms with E-state index in [9.17, 15) is 0 Å². The maximum atomic E-state index is 6.07. The normalized spacial score (nSPS) is 25.0. The molecule has 1 aromatic carbocycles. The highest BCUT2D eigenvalue weighted by atomic mass is 79.9. The van der Waals surface area contributed by atoms with Gasteiger partial charge in [0.05, 0.1) is 12.7 Å². The zero-order valence-corrected chi connectivity index (χ0v) is 10.6. The second kappa shape index (κ2) is 4.83. The first-order chi connectivity index (χ1) is 7.15. The Morgan fingerprint density at radius 2 is 2.20 bits per heavy atom. The van der Waals surface area contributed by atoms with E-state index in [0.29, 0.717) is 18.8 Å². The Bertz CT molecular complexity index is 352. The quantitative estimate of drug-likeness (QED) is 0.928. The van der Waals surface area contributed by atoms with Gasteiger partial charge in [0.15, 0.2) is 0 Å². The molecule has 0 radical (unpaired) electrons. The standard InChI is InChI=1S/C11H13BrClNO/c12-8-2-1-7(11(13)3-8)6-15-10-4-9(14)5-10/h1-3,9-10H,4-6,14H2. The van der Waals surface area contributed by atoms with Crippen LogP contribution in [0, 0.1) is 0 Å². The van der Waals surface area contributed by atoms with Gasteiger partial charge in [-0.3, -0.25) is 0 Å². The van der Waals surface area contributed by atoms with Crippen molar-refractivity contribution in [3.05, 3.63) is 33.3 Å². The molecule has 0 aromatic heterocycles. The number of nitrogens with two attached hydrogens (primary N) is 1. The van der Waals surface area contributed by atoms with E-state index in [-0.39, 0.29) is 0 Å². The Kier molecular flexibility index (Phi) is 3.67. The van der Waals surface area contributed by atoms with Crippen LogP contribution in [0.15, 0.2) is 22.7 Å². The van der Waals surface area contributed by atoms with Crippen LogP contribution in [0.1, 0.15) is 18.4 Å². The molecule has 4 heteroatoms. The molecule has 0 bridgehead atoms. The number of hydrogen-bond acceptors (Lipinski definition) is 2. The fourth-order valence-corrected chi connectivity index (χ4v) is 2.32. The first-order valence-electron chi connectivity index (χ1n) is 4.96. The number of hydrogen-bond donors (Lipinski definition) is 1. The number of rotatable bonds is 3. The molecule has 1 fully saturated rings. The van der Waals surface area contributed by atoms with Gasteiger partial charge in [-0.25, -0.2) is 0 Å². The number of benzene rings is 1. The second-order valence-corrected chi connectivity index (χ2v) is 5.22.